The summed E-state index contributed by atoms with van der Waals surface area (Å²) < 4.78 is 0. The third kappa shape index (κ3) is 4.13. The van der Waals surface area contributed by atoms with Gasteiger partial charge in [0.1, 0.15) is 5.88 Å². The Labute approximate surface area is 183 Å². The first-order chi connectivity index (χ1) is 14.6. The van der Waals surface area contributed by atoms with Crippen molar-refractivity contribution in [1.29, 1.82) is 0 Å². The van der Waals surface area contributed by atoms with E-state index in [-0.39, 0.29) is 29.8 Å². The minimum absolute atomic E-state index is 0.0232. The molecule has 2 amide bonds. The van der Waals surface area contributed by atoms with E-state index in [1.165, 1.54) is 12.0 Å². The molecule has 1 aromatic carbocycles. The van der Waals surface area contributed by atoms with E-state index in [4.69, 9.17) is 11.6 Å². The average molecular weight is 428 g/mol. The van der Waals surface area contributed by atoms with Crippen LogP contribution < -0.4 is 5.32 Å². The Morgan fingerprint density at radius 1 is 1.20 bits per heavy atom. The number of amides is 2. The molecule has 0 saturated heterocycles. The lowest BCUT2D eigenvalue weighted by Gasteiger charge is -2.42. The molecule has 1 aliphatic heterocycles. The predicted octanol–water partition coefficient (Wildman–Crippen LogP) is 4.57. The SMILES string of the molecule is CCCC[C@H]1Cc2cc[nH]c2[C@H](c2ccc(C(=O)NC3CCC3)cc2)N1C(=O)CCl. The molecule has 30 heavy (non-hydrogen) atoms. The molecule has 2 aromatic rings. The molecule has 1 aromatic heterocycles. The largest absolute Gasteiger partial charge is 0.363 e. The highest BCUT2D eigenvalue weighted by Crippen LogP contribution is 2.39. The number of alkyl halides is 1. The minimum Gasteiger partial charge on any atom is -0.363 e. The van der Waals surface area contributed by atoms with Crippen molar-refractivity contribution in [2.45, 2.75) is 70.0 Å². The zero-order valence-corrected chi connectivity index (χ0v) is 18.3. The highest BCUT2D eigenvalue weighted by Gasteiger charge is 2.38. The summed E-state index contributed by atoms with van der Waals surface area (Å²) in [5.74, 6) is -0.100. The lowest BCUT2D eigenvalue weighted by Crippen LogP contribution is -2.48. The highest BCUT2D eigenvalue weighted by molar-refractivity contribution is 6.27. The second-order valence-electron chi connectivity index (χ2n) is 8.48. The maximum atomic E-state index is 12.9. The van der Waals surface area contributed by atoms with E-state index < -0.39 is 0 Å². The van der Waals surface area contributed by atoms with Gasteiger partial charge in [0.25, 0.3) is 5.91 Å². The van der Waals surface area contributed by atoms with Crippen molar-refractivity contribution >= 4 is 23.4 Å². The van der Waals surface area contributed by atoms with Crippen LogP contribution >= 0.6 is 11.6 Å². The van der Waals surface area contributed by atoms with E-state index in [0.717, 1.165) is 49.8 Å². The summed E-state index contributed by atoms with van der Waals surface area (Å²) in [6, 6.07) is 10.0. The molecular formula is C24H30ClN3O2. The fraction of sp³-hybridized carbons (Fsp3) is 0.500. The molecule has 2 N–H and O–H groups in total. The molecule has 160 valence electrons. The van der Waals surface area contributed by atoms with Crippen molar-refractivity contribution in [1.82, 2.24) is 15.2 Å². The van der Waals surface area contributed by atoms with Crippen LogP contribution in [-0.2, 0) is 11.2 Å². The molecule has 0 bridgehead atoms. The van der Waals surface area contributed by atoms with Gasteiger partial charge in [-0.25, -0.2) is 0 Å². The number of aromatic nitrogens is 1. The van der Waals surface area contributed by atoms with Gasteiger partial charge >= 0.3 is 0 Å². The Kier molecular flexibility index (Phi) is 6.47. The van der Waals surface area contributed by atoms with Gasteiger partial charge < -0.3 is 15.2 Å². The lowest BCUT2D eigenvalue weighted by atomic mass is 9.87. The Balaban J connectivity index is 1.63. The molecule has 2 atom stereocenters. The van der Waals surface area contributed by atoms with Crippen molar-refractivity contribution in [2.75, 3.05) is 5.88 Å². The third-order valence-electron chi connectivity index (χ3n) is 6.49. The van der Waals surface area contributed by atoms with Gasteiger partial charge in [-0.2, -0.15) is 0 Å². The van der Waals surface area contributed by atoms with Gasteiger partial charge in [-0.3, -0.25) is 9.59 Å². The van der Waals surface area contributed by atoms with Crippen molar-refractivity contribution < 1.29 is 9.59 Å². The van der Waals surface area contributed by atoms with E-state index in [1.807, 2.05) is 35.4 Å². The van der Waals surface area contributed by atoms with Crippen LogP contribution in [0.2, 0.25) is 0 Å². The number of unbranched alkanes of at least 4 members (excludes halogenated alkanes) is 1. The van der Waals surface area contributed by atoms with Crippen molar-refractivity contribution in [3.05, 3.63) is 58.9 Å². The summed E-state index contributed by atoms with van der Waals surface area (Å²) in [6.07, 6.45) is 9.24. The van der Waals surface area contributed by atoms with Gasteiger partial charge in [0.2, 0.25) is 5.91 Å². The minimum atomic E-state index is -0.208. The number of nitrogens with one attached hydrogen (secondary N) is 2. The number of fused-ring (bicyclic) bond motifs is 1. The van der Waals surface area contributed by atoms with E-state index >= 15 is 0 Å². The van der Waals surface area contributed by atoms with E-state index in [2.05, 4.69) is 23.3 Å². The average Bonchev–Trinajstić information content (AvgIpc) is 3.21. The Bertz CT molecular complexity index is 888. The number of hydrogen-bond donors (Lipinski definition) is 2. The maximum Gasteiger partial charge on any atom is 0.251 e. The van der Waals surface area contributed by atoms with Crippen LogP contribution in [0, 0.1) is 0 Å². The quantitative estimate of drug-likeness (QED) is 0.635. The number of benzene rings is 1. The monoisotopic (exact) mass is 427 g/mol. The number of halogens is 1. The summed E-state index contributed by atoms with van der Waals surface area (Å²) in [5, 5.41) is 3.08. The van der Waals surface area contributed by atoms with Gasteiger partial charge in [-0.1, -0.05) is 31.9 Å². The smallest absolute Gasteiger partial charge is 0.251 e. The zero-order valence-electron chi connectivity index (χ0n) is 17.5. The second-order valence-corrected chi connectivity index (χ2v) is 8.74. The molecule has 1 fully saturated rings. The molecule has 6 heteroatoms. The zero-order chi connectivity index (χ0) is 21.1. The van der Waals surface area contributed by atoms with Gasteiger partial charge in [0.15, 0.2) is 0 Å². The fourth-order valence-corrected chi connectivity index (χ4v) is 4.75. The summed E-state index contributed by atoms with van der Waals surface area (Å²) in [7, 11) is 0. The molecule has 5 nitrogen and oxygen atoms in total. The molecule has 4 rings (SSSR count). The molecule has 0 spiro atoms. The van der Waals surface area contributed by atoms with Crippen LogP contribution in [0.4, 0.5) is 0 Å². The summed E-state index contributed by atoms with van der Waals surface area (Å²) in [6.45, 7) is 2.17. The van der Waals surface area contributed by atoms with Gasteiger partial charge in [0.05, 0.1) is 6.04 Å². The number of aromatic amines is 1. The molecule has 1 aliphatic carbocycles. The normalized spacial score (nSPS) is 21.1. The predicted molar refractivity (Wildman–Crippen MR) is 119 cm³/mol. The summed E-state index contributed by atoms with van der Waals surface area (Å²) in [4.78, 5) is 30.7. The van der Waals surface area contributed by atoms with Crippen LogP contribution in [0.3, 0.4) is 0 Å². The Morgan fingerprint density at radius 3 is 2.60 bits per heavy atom. The molecule has 2 aliphatic rings. The van der Waals surface area contributed by atoms with Gasteiger partial charge in [-0.15, -0.1) is 11.6 Å². The Hall–Kier alpha value is -2.27. The highest BCUT2D eigenvalue weighted by atomic mass is 35.5. The number of hydrogen-bond acceptors (Lipinski definition) is 2. The van der Waals surface area contributed by atoms with Crippen LogP contribution in [0.25, 0.3) is 0 Å². The maximum absolute atomic E-state index is 12.9. The van der Waals surface area contributed by atoms with Crippen LogP contribution in [-0.4, -0.2) is 39.7 Å². The third-order valence-corrected chi connectivity index (χ3v) is 6.72. The molecule has 0 unspecified atom stereocenters. The van der Waals surface area contributed by atoms with E-state index in [1.54, 1.807) is 0 Å². The number of rotatable bonds is 7. The molecule has 0 radical (unpaired) electrons. The first-order valence-electron chi connectivity index (χ1n) is 11.1. The first kappa shape index (κ1) is 21.0. The second kappa shape index (κ2) is 9.25. The van der Waals surface area contributed by atoms with E-state index in [0.29, 0.717) is 11.6 Å². The number of carbonyl (C=O) groups excluding carboxylic acids is 2. The van der Waals surface area contributed by atoms with Gasteiger partial charge in [-0.05, 0) is 61.4 Å². The number of nitrogens with zero attached hydrogens (tertiary/aromatic N) is 1. The lowest BCUT2D eigenvalue weighted by molar-refractivity contribution is -0.133. The van der Waals surface area contributed by atoms with Crippen LogP contribution in [0.1, 0.15) is 78.7 Å². The Morgan fingerprint density at radius 2 is 1.97 bits per heavy atom. The van der Waals surface area contributed by atoms with Crippen molar-refractivity contribution in [2.24, 2.45) is 0 Å². The van der Waals surface area contributed by atoms with Crippen LogP contribution in [0.15, 0.2) is 36.5 Å². The molecular weight excluding hydrogens is 398 g/mol. The first-order valence-corrected chi connectivity index (χ1v) is 11.6. The topological polar surface area (TPSA) is 65.2 Å². The fourth-order valence-electron chi connectivity index (χ4n) is 4.61. The van der Waals surface area contributed by atoms with E-state index in [9.17, 15) is 9.59 Å². The standard InChI is InChI=1S/C24H30ClN3O2/c1-2-3-7-20-14-18-12-13-26-22(18)23(28(20)21(29)15-25)16-8-10-17(11-9-16)24(30)27-19-5-4-6-19/h8-13,19-20,23,26H,2-7,14-15H2,1H3,(H,27,30)/t20-,23-/m0/s1. The van der Waals surface area contributed by atoms with Crippen molar-refractivity contribution in [3.8, 4) is 0 Å². The molecule has 2 heterocycles. The van der Waals surface area contributed by atoms with Crippen molar-refractivity contribution in [3.63, 3.8) is 0 Å². The summed E-state index contributed by atoms with van der Waals surface area (Å²) in [5.41, 5.74) is 3.96. The molecule has 1 saturated carbocycles. The number of H-pyrrole nitrogens is 1. The number of carbonyl (C=O) groups is 2. The van der Waals surface area contributed by atoms with Gasteiger partial charge in [0, 0.05) is 29.5 Å². The summed E-state index contributed by atoms with van der Waals surface area (Å²) >= 11 is 6.02. The van der Waals surface area contributed by atoms with Crippen LogP contribution in [0.5, 0.6) is 0 Å².